The first kappa shape index (κ1) is 16.0. The van der Waals surface area contributed by atoms with E-state index in [0.717, 1.165) is 12.8 Å². The van der Waals surface area contributed by atoms with E-state index in [-0.39, 0.29) is 11.9 Å². The Morgan fingerprint density at radius 2 is 1.79 bits per heavy atom. The zero-order valence-corrected chi connectivity index (χ0v) is 12.6. The van der Waals surface area contributed by atoms with Crippen molar-refractivity contribution in [2.24, 2.45) is 5.92 Å². The minimum atomic E-state index is -0.574. The van der Waals surface area contributed by atoms with Gasteiger partial charge in [0.05, 0.1) is 0 Å². The molecule has 0 saturated heterocycles. The quantitative estimate of drug-likeness (QED) is 0.798. The number of rotatable bonds is 4. The van der Waals surface area contributed by atoms with Crippen molar-refractivity contribution in [2.45, 2.75) is 77.9 Å². The summed E-state index contributed by atoms with van der Waals surface area (Å²) in [4.78, 5) is 23.6. The van der Waals surface area contributed by atoms with E-state index in [1.807, 2.05) is 20.8 Å². The van der Waals surface area contributed by atoms with Gasteiger partial charge in [-0.2, -0.15) is 0 Å². The monoisotopic (exact) mass is 269 g/mol. The lowest BCUT2D eigenvalue weighted by molar-refractivity contribution is -0.158. The predicted octanol–water partition coefficient (Wildman–Crippen LogP) is 2.80. The van der Waals surface area contributed by atoms with Crippen LogP contribution in [0.2, 0.25) is 0 Å². The van der Waals surface area contributed by atoms with Crippen molar-refractivity contribution in [3.8, 4) is 0 Å². The molecule has 4 nitrogen and oxygen atoms in total. The molecule has 1 saturated carbocycles. The average Bonchev–Trinajstić information content (AvgIpc) is 2.27. The molecule has 1 N–H and O–H groups in total. The summed E-state index contributed by atoms with van der Waals surface area (Å²) in [7, 11) is 0. The molecule has 0 aliphatic heterocycles. The van der Waals surface area contributed by atoms with Crippen LogP contribution in [0.4, 0.5) is 0 Å². The van der Waals surface area contributed by atoms with Crippen LogP contribution in [0.15, 0.2) is 0 Å². The number of amides is 1. The summed E-state index contributed by atoms with van der Waals surface area (Å²) in [5, 5.41) is 2.74. The fourth-order valence-corrected chi connectivity index (χ4v) is 2.40. The highest BCUT2D eigenvalue weighted by molar-refractivity contribution is 5.84. The van der Waals surface area contributed by atoms with Crippen molar-refractivity contribution in [1.82, 2.24) is 5.32 Å². The molecule has 0 aromatic rings. The Morgan fingerprint density at radius 3 is 2.32 bits per heavy atom. The van der Waals surface area contributed by atoms with Gasteiger partial charge in [0, 0.05) is 6.42 Å². The molecule has 0 aromatic carbocycles. The molecule has 0 radical (unpaired) electrons. The number of carbonyl (C=O) groups excluding carboxylic acids is 2. The molecule has 0 aromatic heterocycles. The average molecular weight is 269 g/mol. The Labute approximate surface area is 116 Å². The standard InChI is InChI=1S/C15H27NO3/c1-11(14(18)19-15(2,3)4)16-13(17)10-12-8-6-5-7-9-12/h11-12H,5-10H2,1-4H3,(H,16,17)/t11-/m1/s1. The summed E-state index contributed by atoms with van der Waals surface area (Å²) in [5.41, 5.74) is -0.514. The van der Waals surface area contributed by atoms with Crippen molar-refractivity contribution in [3.63, 3.8) is 0 Å². The molecular formula is C15H27NO3. The Balaban J connectivity index is 2.32. The second kappa shape index (κ2) is 6.92. The summed E-state index contributed by atoms with van der Waals surface area (Å²) < 4.78 is 5.24. The van der Waals surface area contributed by atoms with Gasteiger partial charge >= 0.3 is 5.97 Å². The van der Waals surface area contributed by atoms with E-state index in [9.17, 15) is 9.59 Å². The van der Waals surface area contributed by atoms with Crippen LogP contribution in [0.3, 0.4) is 0 Å². The number of esters is 1. The van der Waals surface area contributed by atoms with Crippen molar-refractivity contribution in [3.05, 3.63) is 0 Å². The third-order valence-electron chi connectivity index (χ3n) is 3.34. The number of hydrogen-bond acceptors (Lipinski definition) is 3. The molecule has 1 aliphatic rings. The van der Waals surface area contributed by atoms with E-state index in [1.165, 1.54) is 19.3 Å². The van der Waals surface area contributed by atoms with Gasteiger partial charge in [-0.05, 0) is 46.5 Å². The van der Waals surface area contributed by atoms with E-state index >= 15 is 0 Å². The van der Waals surface area contributed by atoms with Gasteiger partial charge in [-0.15, -0.1) is 0 Å². The van der Waals surface area contributed by atoms with Crippen molar-refractivity contribution in [2.75, 3.05) is 0 Å². The van der Waals surface area contributed by atoms with Crippen LogP contribution >= 0.6 is 0 Å². The third-order valence-corrected chi connectivity index (χ3v) is 3.34. The van der Waals surface area contributed by atoms with E-state index in [0.29, 0.717) is 12.3 Å². The Kier molecular flexibility index (Phi) is 5.83. The van der Waals surface area contributed by atoms with E-state index in [4.69, 9.17) is 4.74 Å². The lowest BCUT2D eigenvalue weighted by atomic mass is 9.87. The van der Waals surface area contributed by atoms with Crippen LogP contribution in [0.1, 0.15) is 66.2 Å². The van der Waals surface area contributed by atoms with Gasteiger partial charge in [-0.3, -0.25) is 4.79 Å². The maximum Gasteiger partial charge on any atom is 0.328 e. The van der Waals surface area contributed by atoms with Gasteiger partial charge in [-0.25, -0.2) is 4.79 Å². The highest BCUT2D eigenvalue weighted by Gasteiger charge is 2.24. The topological polar surface area (TPSA) is 55.4 Å². The van der Waals surface area contributed by atoms with Crippen molar-refractivity contribution in [1.29, 1.82) is 0 Å². The van der Waals surface area contributed by atoms with Crippen LogP contribution in [-0.2, 0) is 14.3 Å². The summed E-state index contributed by atoms with van der Waals surface area (Å²) in [6.45, 7) is 7.14. The molecule has 4 heteroatoms. The number of carbonyl (C=O) groups is 2. The minimum absolute atomic E-state index is 0.0368. The first-order valence-corrected chi connectivity index (χ1v) is 7.30. The first-order valence-electron chi connectivity index (χ1n) is 7.30. The highest BCUT2D eigenvalue weighted by atomic mass is 16.6. The van der Waals surface area contributed by atoms with Crippen LogP contribution in [0.25, 0.3) is 0 Å². The van der Waals surface area contributed by atoms with Gasteiger partial charge in [0.25, 0.3) is 0 Å². The van der Waals surface area contributed by atoms with Crippen LogP contribution in [-0.4, -0.2) is 23.5 Å². The van der Waals surface area contributed by atoms with E-state index < -0.39 is 11.6 Å². The normalized spacial score (nSPS) is 18.7. The Bertz CT molecular complexity index is 314. The fourth-order valence-electron chi connectivity index (χ4n) is 2.40. The zero-order chi connectivity index (χ0) is 14.5. The molecule has 0 heterocycles. The zero-order valence-electron chi connectivity index (χ0n) is 12.6. The number of hydrogen-bond donors (Lipinski definition) is 1. The molecule has 0 spiro atoms. The lowest BCUT2D eigenvalue weighted by Crippen LogP contribution is -2.42. The van der Waals surface area contributed by atoms with Gasteiger partial charge in [0.15, 0.2) is 0 Å². The number of nitrogens with one attached hydrogen (secondary N) is 1. The van der Waals surface area contributed by atoms with Gasteiger partial charge in [-0.1, -0.05) is 19.3 Å². The maximum atomic E-state index is 11.9. The first-order chi connectivity index (χ1) is 8.78. The molecule has 0 unspecified atom stereocenters. The number of ether oxygens (including phenoxy) is 1. The van der Waals surface area contributed by atoms with E-state index in [2.05, 4.69) is 5.32 Å². The summed E-state index contributed by atoms with van der Waals surface area (Å²) >= 11 is 0. The smallest absolute Gasteiger partial charge is 0.328 e. The Hall–Kier alpha value is -1.06. The lowest BCUT2D eigenvalue weighted by Gasteiger charge is -2.24. The molecule has 1 rings (SSSR count). The predicted molar refractivity (Wildman–Crippen MR) is 74.6 cm³/mol. The van der Waals surface area contributed by atoms with Gasteiger partial charge in [0.1, 0.15) is 11.6 Å². The molecule has 1 fully saturated rings. The van der Waals surface area contributed by atoms with Crippen molar-refractivity contribution < 1.29 is 14.3 Å². The Morgan fingerprint density at radius 1 is 1.21 bits per heavy atom. The molecule has 19 heavy (non-hydrogen) atoms. The van der Waals surface area contributed by atoms with Crippen LogP contribution in [0.5, 0.6) is 0 Å². The molecule has 1 aliphatic carbocycles. The van der Waals surface area contributed by atoms with Crippen LogP contribution < -0.4 is 5.32 Å². The maximum absolute atomic E-state index is 11.9. The summed E-state index contributed by atoms with van der Waals surface area (Å²) in [6.07, 6.45) is 6.53. The fraction of sp³-hybridized carbons (Fsp3) is 0.867. The van der Waals surface area contributed by atoms with Crippen LogP contribution in [0, 0.1) is 5.92 Å². The SMILES string of the molecule is C[C@@H](NC(=O)CC1CCCCC1)C(=O)OC(C)(C)C. The summed E-state index contributed by atoms with van der Waals surface area (Å²) in [5.74, 6) is 0.0781. The van der Waals surface area contributed by atoms with E-state index in [1.54, 1.807) is 6.92 Å². The molecule has 1 amide bonds. The van der Waals surface area contributed by atoms with Gasteiger partial charge < -0.3 is 10.1 Å². The second-order valence-corrected chi connectivity index (χ2v) is 6.53. The molecular weight excluding hydrogens is 242 g/mol. The summed E-state index contributed by atoms with van der Waals surface area (Å²) in [6, 6.07) is -0.574. The molecule has 110 valence electrons. The third kappa shape index (κ3) is 6.60. The second-order valence-electron chi connectivity index (χ2n) is 6.53. The largest absolute Gasteiger partial charge is 0.458 e. The molecule has 1 atom stereocenters. The van der Waals surface area contributed by atoms with Gasteiger partial charge in [0.2, 0.25) is 5.91 Å². The highest BCUT2D eigenvalue weighted by Crippen LogP contribution is 2.26. The minimum Gasteiger partial charge on any atom is -0.458 e. The van der Waals surface area contributed by atoms with Crippen molar-refractivity contribution >= 4 is 11.9 Å². The molecule has 0 bridgehead atoms.